The molecule has 8 heteroatoms. The van der Waals surface area contributed by atoms with Crippen LogP contribution in [0, 0.1) is 0 Å². The van der Waals surface area contributed by atoms with E-state index in [1.54, 1.807) is 6.07 Å². The normalized spacial score (nSPS) is 22.3. The molecule has 1 fully saturated rings. The minimum absolute atomic E-state index is 0.0323. The van der Waals surface area contributed by atoms with Gasteiger partial charge in [-0.1, -0.05) is 0 Å². The van der Waals surface area contributed by atoms with Crippen molar-refractivity contribution in [2.24, 2.45) is 0 Å². The van der Waals surface area contributed by atoms with E-state index in [0.717, 1.165) is 4.31 Å². The molecule has 1 atom stereocenters. The summed E-state index contributed by atoms with van der Waals surface area (Å²) in [5, 5.41) is 9.26. The van der Waals surface area contributed by atoms with Gasteiger partial charge in [-0.25, -0.2) is 8.42 Å². The predicted molar refractivity (Wildman–Crippen MR) is 76.6 cm³/mol. The average Bonchev–Trinajstić information content (AvgIpc) is 2.54. The average molecular weight is 327 g/mol. The van der Waals surface area contributed by atoms with Crippen molar-refractivity contribution in [3.05, 3.63) is 18.2 Å². The quantitative estimate of drug-likeness (QED) is 0.893. The van der Waals surface area contributed by atoms with Gasteiger partial charge in [-0.2, -0.15) is 4.31 Å². The molecule has 22 heavy (non-hydrogen) atoms. The van der Waals surface area contributed by atoms with Crippen molar-refractivity contribution in [1.29, 1.82) is 0 Å². The smallest absolute Gasteiger partial charge is 0.322 e. The Bertz CT molecular complexity index is 687. The van der Waals surface area contributed by atoms with Gasteiger partial charge in [-0.3, -0.25) is 4.79 Å². The lowest BCUT2D eigenvalue weighted by Crippen LogP contribution is -2.47. The monoisotopic (exact) mass is 327 g/mol. The van der Waals surface area contributed by atoms with Crippen molar-refractivity contribution >= 4 is 16.0 Å². The van der Waals surface area contributed by atoms with E-state index < -0.39 is 22.0 Å². The van der Waals surface area contributed by atoms with Crippen LogP contribution in [0.4, 0.5) is 0 Å². The zero-order chi connectivity index (χ0) is 15.7. The number of sulfonamides is 1. The molecule has 2 aliphatic rings. The number of ether oxygens (including phenoxy) is 2. The lowest BCUT2D eigenvalue weighted by atomic mass is 10.1. The fourth-order valence-electron chi connectivity index (χ4n) is 2.76. The summed E-state index contributed by atoms with van der Waals surface area (Å²) in [7, 11) is -3.87. The van der Waals surface area contributed by atoms with Crippen molar-refractivity contribution in [3.63, 3.8) is 0 Å². The van der Waals surface area contributed by atoms with E-state index in [1.807, 2.05) is 0 Å². The molecule has 2 aliphatic heterocycles. The molecular formula is C14H17NO6S. The standard InChI is InChI=1S/C14H17NO6S/c16-14(17)11-3-1-2-6-15(11)22(18,19)10-4-5-12-13(9-10)21-8-7-20-12/h4-5,9,11H,1-3,6-8H2,(H,16,17)/t11-/m0/s1. The van der Waals surface area contributed by atoms with E-state index >= 15 is 0 Å². The van der Waals surface area contributed by atoms with Crippen molar-refractivity contribution < 1.29 is 27.8 Å². The van der Waals surface area contributed by atoms with Gasteiger partial charge in [0, 0.05) is 12.6 Å². The van der Waals surface area contributed by atoms with Gasteiger partial charge in [0.05, 0.1) is 4.90 Å². The second kappa shape index (κ2) is 5.77. The molecule has 0 amide bonds. The van der Waals surface area contributed by atoms with Gasteiger partial charge in [0.25, 0.3) is 0 Å². The number of aliphatic carboxylic acids is 1. The van der Waals surface area contributed by atoms with E-state index in [-0.39, 0.29) is 11.4 Å². The lowest BCUT2D eigenvalue weighted by Gasteiger charge is -2.32. The number of benzene rings is 1. The molecule has 2 heterocycles. The lowest BCUT2D eigenvalue weighted by molar-refractivity contribution is -0.142. The summed E-state index contributed by atoms with van der Waals surface area (Å²) in [6.07, 6.45) is 1.71. The number of hydrogen-bond acceptors (Lipinski definition) is 5. The van der Waals surface area contributed by atoms with Gasteiger partial charge in [0.15, 0.2) is 11.5 Å². The van der Waals surface area contributed by atoms with Crippen molar-refractivity contribution in [3.8, 4) is 11.5 Å². The highest BCUT2D eigenvalue weighted by molar-refractivity contribution is 7.89. The Morgan fingerprint density at radius 2 is 1.91 bits per heavy atom. The number of nitrogens with zero attached hydrogens (tertiary/aromatic N) is 1. The third kappa shape index (κ3) is 2.64. The van der Waals surface area contributed by atoms with Crippen LogP contribution in [0.1, 0.15) is 19.3 Å². The largest absolute Gasteiger partial charge is 0.486 e. The molecule has 0 aliphatic carbocycles. The zero-order valence-electron chi connectivity index (χ0n) is 11.9. The minimum Gasteiger partial charge on any atom is -0.486 e. The van der Waals surface area contributed by atoms with E-state index in [2.05, 4.69) is 0 Å². The van der Waals surface area contributed by atoms with Crippen LogP contribution in [0.15, 0.2) is 23.1 Å². The highest BCUT2D eigenvalue weighted by Gasteiger charge is 2.38. The number of carboxylic acid groups (broad SMARTS) is 1. The summed E-state index contributed by atoms with van der Waals surface area (Å²) in [5.41, 5.74) is 0. The van der Waals surface area contributed by atoms with E-state index in [0.29, 0.717) is 44.0 Å². The van der Waals surface area contributed by atoms with Crippen molar-refractivity contribution in [1.82, 2.24) is 4.31 Å². The molecule has 0 bridgehead atoms. The zero-order valence-corrected chi connectivity index (χ0v) is 12.7. The van der Waals surface area contributed by atoms with Crippen molar-refractivity contribution in [2.45, 2.75) is 30.2 Å². The third-order valence-electron chi connectivity index (χ3n) is 3.86. The van der Waals surface area contributed by atoms with Gasteiger partial charge in [-0.15, -0.1) is 0 Å². The molecule has 0 saturated carbocycles. The van der Waals surface area contributed by atoms with Gasteiger partial charge in [0.2, 0.25) is 10.0 Å². The number of fused-ring (bicyclic) bond motifs is 1. The second-order valence-electron chi connectivity index (χ2n) is 5.27. The molecular weight excluding hydrogens is 310 g/mol. The topological polar surface area (TPSA) is 93.1 Å². The minimum atomic E-state index is -3.87. The van der Waals surface area contributed by atoms with Crippen LogP contribution in [-0.2, 0) is 14.8 Å². The maximum atomic E-state index is 12.8. The molecule has 0 radical (unpaired) electrons. The van der Waals surface area contributed by atoms with Crippen molar-refractivity contribution in [2.75, 3.05) is 19.8 Å². The number of hydrogen-bond donors (Lipinski definition) is 1. The summed E-state index contributed by atoms with van der Waals surface area (Å²) in [4.78, 5) is 11.4. The molecule has 0 unspecified atom stereocenters. The fraction of sp³-hybridized carbons (Fsp3) is 0.500. The summed E-state index contributed by atoms with van der Waals surface area (Å²) in [5.74, 6) is -0.240. The van der Waals surface area contributed by atoms with Crippen LogP contribution in [0.3, 0.4) is 0 Å². The van der Waals surface area contributed by atoms with Gasteiger partial charge < -0.3 is 14.6 Å². The Hall–Kier alpha value is -1.80. The van der Waals surface area contributed by atoms with Gasteiger partial charge in [-0.05, 0) is 31.4 Å². The summed E-state index contributed by atoms with van der Waals surface area (Å²) in [6.45, 7) is 0.998. The van der Waals surface area contributed by atoms with Crippen LogP contribution >= 0.6 is 0 Å². The van der Waals surface area contributed by atoms with E-state index in [4.69, 9.17) is 9.47 Å². The number of carboxylic acids is 1. The molecule has 1 N–H and O–H groups in total. The molecule has 1 saturated heterocycles. The molecule has 1 aromatic carbocycles. The van der Waals surface area contributed by atoms with Crippen LogP contribution in [0.25, 0.3) is 0 Å². The number of rotatable bonds is 3. The maximum Gasteiger partial charge on any atom is 0.322 e. The SMILES string of the molecule is O=C(O)[C@@H]1CCCCN1S(=O)(=O)c1ccc2c(c1)OCCO2. The fourth-order valence-corrected chi connectivity index (χ4v) is 4.43. The number of carbonyl (C=O) groups is 1. The third-order valence-corrected chi connectivity index (χ3v) is 5.76. The Kier molecular flexibility index (Phi) is 3.96. The second-order valence-corrected chi connectivity index (χ2v) is 7.16. The highest BCUT2D eigenvalue weighted by atomic mass is 32.2. The summed E-state index contributed by atoms with van der Waals surface area (Å²) >= 11 is 0. The first-order chi connectivity index (χ1) is 10.5. The number of piperidine rings is 1. The summed E-state index contributed by atoms with van der Waals surface area (Å²) in [6, 6.07) is 3.36. The van der Waals surface area contributed by atoms with Crippen LogP contribution < -0.4 is 9.47 Å². The predicted octanol–water partition coefficient (Wildman–Crippen LogP) is 1.09. The van der Waals surface area contributed by atoms with Crippen LogP contribution in [0.5, 0.6) is 11.5 Å². The Morgan fingerprint density at radius 1 is 1.18 bits per heavy atom. The first-order valence-corrected chi connectivity index (χ1v) is 8.58. The van der Waals surface area contributed by atoms with Crippen LogP contribution in [0.2, 0.25) is 0 Å². The highest BCUT2D eigenvalue weighted by Crippen LogP contribution is 2.34. The van der Waals surface area contributed by atoms with Crippen LogP contribution in [-0.4, -0.2) is 49.6 Å². The first kappa shape index (κ1) is 15.1. The van der Waals surface area contributed by atoms with E-state index in [1.165, 1.54) is 12.1 Å². The summed E-state index contributed by atoms with van der Waals surface area (Å²) < 4.78 is 37.3. The Labute approximate surface area is 128 Å². The molecule has 0 aromatic heterocycles. The molecule has 120 valence electrons. The van der Waals surface area contributed by atoms with Gasteiger partial charge >= 0.3 is 5.97 Å². The Balaban J connectivity index is 1.96. The molecule has 1 aromatic rings. The molecule has 0 spiro atoms. The Morgan fingerprint density at radius 3 is 2.64 bits per heavy atom. The first-order valence-electron chi connectivity index (χ1n) is 7.14. The molecule has 3 rings (SSSR count). The van der Waals surface area contributed by atoms with Gasteiger partial charge in [0.1, 0.15) is 19.3 Å². The maximum absolute atomic E-state index is 12.8. The van der Waals surface area contributed by atoms with E-state index in [9.17, 15) is 18.3 Å². The molecule has 7 nitrogen and oxygen atoms in total.